The van der Waals surface area contributed by atoms with Gasteiger partial charge in [0.05, 0.1) is 17.9 Å². The summed E-state index contributed by atoms with van der Waals surface area (Å²) in [7, 11) is 0. The predicted octanol–water partition coefficient (Wildman–Crippen LogP) is 2.63. The van der Waals surface area contributed by atoms with Crippen molar-refractivity contribution in [3.05, 3.63) is 89.2 Å². The summed E-state index contributed by atoms with van der Waals surface area (Å²) in [4.78, 5) is 45.6. The lowest BCUT2D eigenvalue weighted by molar-refractivity contribution is -0.140. The lowest BCUT2D eigenvalue weighted by atomic mass is 9.95. The molecular weight excluding hydrogens is 494 g/mol. The molecule has 2 heterocycles. The number of benzene rings is 2. The summed E-state index contributed by atoms with van der Waals surface area (Å²) >= 11 is 0. The van der Waals surface area contributed by atoms with Crippen LogP contribution in [0.2, 0.25) is 0 Å². The summed E-state index contributed by atoms with van der Waals surface area (Å²) in [6, 6.07) is 13.8. The third-order valence-corrected chi connectivity index (χ3v) is 7.11. The Morgan fingerprint density at radius 1 is 1.08 bits per heavy atom. The fourth-order valence-electron chi connectivity index (χ4n) is 5.11. The van der Waals surface area contributed by atoms with Gasteiger partial charge in [0.1, 0.15) is 17.8 Å². The molecule has 0 unspecified atom stereocenters. The summed E-state index contributed by atoms with van der Waals surface area (Å²) in [6.45, 7) is 4.16. The van der Waals surface area contributed by atoms with Gasteiger partial charge >= 0.3 is 0 Å². The molecule has 9 nitrogen and oxygen atoms in total. The zero-order valence-corrected chi connectivity index (χ0v) is 22.3. The highest BCUT2D eigenvalue weighted by molar-refractivity contribution is 5.98. The van der Waals surface area contributed by atoms with Crippen LogP contribution in [0.3, 0.4) is 0 Å². The van der Waals surface area contributed by atoms with E-state index in [2.05, 4.69) is 15.6 Å². The molecule has 39 heavy (non-hydrogen) atoms. The summed E-state index contributed by atoms with van der Waals surface area (Å²) < 4.78 is 0. The monoisotopic (exact) mass is 529 g/mol. The molecule has 0 spiro atoms. The van der Waals surface area contributed by atoms with Crippen molar-refractivity contribution in [2.45, 2.75) is 57.7 Å². The fourth-order valence-corrected chi connectivity index (χ4v) is 5.11. The Bertz CT molecular complexity index is 1290. The van der Waals surface area contributed by atoms with Crippen molar-refractivity contribution in [3.63, 3.8) is 0 Å². The standard InChI is InChI=1S/C30H35N5O4/c1-19-14-23(36)15-20(2)24(19)17-25(31)30(39)35-13-7-11-27(35)29(38)34-26(16-21-8-4-3-5-9-21)28(37)33-22-10-6-12-32-18-22/h3-6,8-10,12,14-15,18,25-27,36H,7,11,13,16-17,31H2,1-2H3,(H,33,37)(H,34,38)/t25-,26-,27-/m0/s1. The SMILES string of the molecule is Cc1cc(O)cc(C)c1C[C@H](N)C(=O)N1CCC[C@H]1C(=O)N[C@@H](Cc1ccccc1)C(=O)Nc1cccnc1. The van der Waals surface area contributed by atoms with E-state index in [0.29, 0.717) is 31.5 Å². The number of aryl methyl sites for hydroxylation is 2. The first kappa shape index (κ1) is 27.8. The van der Waals surface area contributed by atoms with Crippen molar-refractivity contribution in [3.8, 4) is 5.75 Å². The highest BCUT2D eigenvalue weighted by Gasteiger charge is 2.37. The number of nitrogens with one attached hydrogen (secondary N) is 2. The smallest absolute Gasteiger partial charge is 0.247 e. The number of aromatic nitrogens is 1. The van der Waals surface area contributed by atoms with Crippen LogP contribution < -0.4 is 16.4 Å². The number of aromatic hydroxyl groups is 1. The van der Waals surface area contributed by atoms with Gasteiger partial charge in [-0.15, -0.1) is 0 Å². The van der Waals surface area contributed by atoms with Crippen molar-refractivity contribution in [2.24, 2.45) is 5.73 Å². The number of rotatable bonds is 9. The Hall–Kier alpha value is -4.24. The number of hydrogen-bond acceptors (Lipinski definition) is 6. The maximum absolute atomic E-state index is 13.5. The van der Waals surface area contributed by atoms with Crippen molar-refractivity contribution in [1.29, 1.82) is 0 Å². The molecule has 3 amide bonds. The number of likely N-dealkylation sites (tertiary alicyclic amines) is 1. The van der Waals surface area contributed by atoms with Crippen LogP contribution in [0.25, 0.3) is 0 Å². The van der Waals surface area contributed by atoms with Crippen LogP contribution in [0, 0.1) is 13.8 Å². The topological polar surface area (TPSA) is 138 Å². The number of amides is 3. The number of carbonyl (C=O) groups excluding carboxylic acids is 3. The van der Waals surface area contributed by atoms with E-state index in [9.17, 15) is 19.5 Å². The quantitative estimate of drug-likeness (QED) is 0.336. The van der Waals surface area contributed by atoms with Gasteiger partial charge < -0.3 is 26.4 Å². The van der Waals surface area contributed by atoms with Crippen LogP contribution in [0.5, 0.6) is 5.75 Å². The van der Waals surface area contributed by atoms with E-state index in [1.54, 1.807) is 30.5 Å². The zero-order valence-electron chi connectivity index (χ0n) is 22.3. The van der Waals surface area contributed by atoms with Crippen LogP contribution in [0.4, 0.5) is 5.69 Å². The molecule has 0 aliphatic carbocycles. The average molecular weight is 530 g/mol. The van der Waals surface area contributed by atoms with E-state index in [1.807, 2.05) is 44.2 Å². The van der Waals surface area contributed by atoms with Gasteiger partial charge in [0, 0.05) is 19.2 Å². The first-order valence-electron chi connectivity index (χ1n) is 13.1. The van der Waals surface area contributed by atoms with Crippen LogP contribution >= 0.6 is 0 Å². The third kappa shape index (κ3) is 7.00. The Morgan fingerprint density at radius 3 is 2.46 bits per heavy atom. The number of phenols is 1. The number of nitrogens with two attached hydrogens (primary N) is 1. The van der Waals surface area contributed by atoms with E-state index < -0.39 is 18.1 Å². The second kappa shape index (κ2) is 12.5. The lowest BCUT2D eigenvalue weighted by Crippen LogP contribution is -2.55. The van der Waals surface area contributed by atoms with E-state index >= 15 is 0 Å². The van der Waals surface area contributed by atoms with Gasteiger partial charge in [-0.3, -0.25) is 19.4 Å². The number of anilines is 1. The molecule has 1 fully saturated rings. The van der Waals surface area contributed by atoms with Crippen LogP contribution in [0.1, 0.15) is 35.1 Å². The van der Waals surface area contributed by atoms with Gasteiger partial charge in [0.25, 0.3) is 0 Å². The molecule has 1 aliphatic rings. The van der Waals surface area contributed by atoms with Crippen LogP contribution in [-0.2, 0) is 27.2 Å². The van der Waals surface area contributed by atoms with E-state index in [4.69, 9.17) is 5.73 Å². The average Bonchev–Trinajstić information content (AvgIpc) is 3.41. The molecule has 0 bridgehead atoms. The first-order valence-corrected chi connectivity index (χ1v) is 13.1. The summed E-state index contributed by atoms with van der Waals surface area (Å²) in [5, 5.41) is 15.5. The molecule has 5 N–H and O–H groups in total. The van der Waals surface area contributed by atoms with Crippen LogP contribution in [-0.4, -0.2) is 57.4 Å². The third-order valence-electron chi connectivity index (χ3n) is 7.11. The molecule has 2 aromatic carbocycles. The molecule has 0 saturated carbocycles. The summed E-state index contributed by atoms with van der Waals surface area (Å²) in [6.07, 6.45) is 4.89. The molecule has 0 radical (unpaired) electrons. The predicted molar refractivity (Wildman–Crippen MR) is 149 cm³/mol. The Labute approximate surface area is 228 Å². The van der Waals surface area contributed by atoms with Crippen molar-refractivity contribution >= 4 is 23.4 Å². The molecule has 3 aromatic rings. The minimum Gasteiger partial charge on any atom is -0.508 e. The second-order valence-corrected chi connectivity index (χ2v) is 10.0. The molecular formula is C30H35N5O4. The van der Waals surface area contributed by atoms with E-state index in [-0.39, 0.29) is 29.9 Å². The first-order chi connectivity index (χ1) is 18.7. The molecule has 1 saturated heterocycles. The second-order valence-electron chi connectivity index (χ2n) is 10.0. The Balaban J connectivity index is 1.47. The molecule has 3 atom stereocenters. The molecule has 9 heteroatoms. The maximum Gasteiger partial charge on any atom is 0.247 e. The fraction of sp³-hybridized carbons (Fsp3) is 0.333. The minimum absolute atomic E-state index is 0.169. The van der Waals surface area contributed by atoms with Gasteiger partial charge in [0.15, 0.2) is 0 Å². The van der Waals surface area contributed by atoms with Crippen molar-refractivity contribution < 1.29 is 19.5 Å². The highest BCUT2D eigenvalue weighted by Crippen LogP contribution is 2.24. The lowest BCUT2D eigenvalue weighted by Gasteiger charge is -2.28. The summed E-state index contributed by atoms with van der Waals surface area (Å²) in [5.74, 6) is -0.889. The molecule has 1 aliphatic heterocycles. The summed E-state index contributed by atoms with van der Waals surface area (Å²) in [5.41, 5.74) is 10.4. The minimum atomic E-state index is -0.853. The van der Waals surface area contributed by atoms with Crippen LogP contribution in [0.15, 0.2) is 67.0 Å². The van der Waals surface area contributed by atoms with Gasteiger partial charge in [-0.25, -0.2) is 0 Å². The molecule has 1 aromatic heterocycles. The van der Waals surface area contributed by atoms with Crippen molar-refractivity contribution in [1.82, 2.24) is 15.2 Å². The highest BCUT2D eigenvalue weighted by atomic mass is 16.3. The Morgan fingerprint density at radius 2 is 1.79 bits per heavy atom. The van der Waals surface area contributed by atoms with Gasteiger partial charge in [-0.05, 0) is 79.6 Å². The number of nitrogens with zero attached hydrogens (tertiary/aromatic N) is 2. The van der Waals surface area contributed by atoms with E-state index in [1.165, 1.54) is 11.1 Å². The largest absolute Gasteiger partial charge is 0.508 e. The van der Waals surface area contributed by atoms with E-state index in [0.717, 1.165) is 22.3 Å². The zero-order chi connectivity index (χ0) is 27.9. The molecule has 4 rings (SSSR count). The number of hydrogen-bond donors (Lipinski definition) is 4. The van der Waals surface area contributed by atoms with Gasteiger partial charge in [0.2, 0.25) is 17.7 Å². The Kier molecular flexibility index (Phi) is 8.93. The maximum atomic E-state index is 13.5. The van der Waals surface area contributed by atoms with Gasteiger partial charge in [-0.2, -0.15) is 0 Å². The molecule has 204 valence electrons. The number of carbonyl (C=O) groups is 3. The number of pyridine rings is 1. The number of phenolic OH excluding ortho intramolecular Hbond substituents is 1. The van der Waals surface area contributed by atoms with Crippen molar-refractivity contribution in [2.75, 3.05) is 11.9 Å². The normalized spacial score (nSPS) is 16.4. The van der Waals surface area contributed by atoms with Gasteiger partial charge in [-0.1, -0.05) is 30.3 Å².